The van der Waals surface area contributed by atoms with Crippen LogP contribution in [0, 0.1) is 0 Å². The molecule has 0 radical (unpaired) electrons. The first kappa shape index (κ1) is 16.3. The van der Waals surface area contributed by atoms with Gasteiger partial charge in [-0.3, -0.25) is 9.58 Å². The highest BCUT2D eigenvalue weighted by atomic mass is 16.5. The molecule has 2 heterocycles. The fourth-order valence-corrected chi connectivity index (χ4v) is 4.06. The SMILES string of the molecule is Cn1cc(CN2CCOc3ccc(C4=Cc5ccccc5C4)cc3C2)cn1. The summed E-state index contributed by atoms with van der Waals surface area (Å²) in [5.74, 6) is 1.02. The largest absolute Gasteiger partial charge is 0.492 e. The van der Waals surface area contributed by atoms with Crippen molar-refractivity contribution in [2.75, 3.05) is 13.2 Å². The Balaban J connectivity index is 1.39. The first-order chi connectivity index (χ1) is 13.2. The van der Waals surface area contributed by atoms with Crippen molar-refractivity contribution in [2.24, 2.45) is 7.05 Å². The zero-order chi connectivity index (χ0) is 18.2. The van der Waals surface area contributed by atoms with E-state index in [1.165, 1.54) is 33.4 Å². The minimum atomic E-state index is 0.723. The number of benzene rings is 2. The summed E-state index contributed by atoms with van der Waals surface area (Å²) >= 11 is 0. The smallest absolute Gasteiger partial charge is 0.123 e. The maximum absolute atomic E-state index is 6.02. The monoisotopic (exact) mass is 357 g/mol. The maximum atomic E-state index is 6.02. The van der Waals surface area contributed by atoms with Crippen LogP contribution in [0.5, 0.6) is 5.75 Å². The molecular formula is C23H23N3O. The van der Waals surface area contributed by atoms with E-state index < -0.39 is 0 Å². The van der Waals surface area contributed by atoms with Gasteiger partial charge in [-0.25, -0.2) is 0 Å². The van der Waals surface area contributed by atoms with E-state index in [-0.39, 0.29) is 0 Å². The van der Waals surface area contributed by atoms with Gasteiger partial charge in [0.15, 0.2) is 0 Å². The molecule has 2 aliphatic rings. The van der Waals surface area contributed by atoms with Crippen LogP contribution in [-0.2, 0) is 26.6 Å². The van der Waals surface area contributed by atoms with Crippen LogP contribution < -0.4 is 4.74 Å². The Bertz CT molecular complexity index is 1020. The predicted octanol–water partition coefficient (Wildman–Crippen LogP) is 3.91. The molecule has 27 heavy (non-hydrogen) atoms. The average molecular weight is 357 g/mol. The van der Waals surface area contributed by atoms with Gasteiger partial charge in [-0.15, -0.1) is 0 Å². The molecule has 0 unspecified atom stereocenters. The van der Waals surface area contributed by atoms with E-state index in [0.717, 1.165) is 38.4 Å². The lowest BCUT2D eigenvalue weighted by atomic mass is 10.0. The molecule has 0 amide bonds. The van der Waals surface area contributed by atoms with Crippen molar-refractivity contribution >= 4 is 11.6 Å². The average Bonchev–Trinajstić information content (AvgIpc) is 3.22. The van der Waals surface area contributed by atoms with E-state index in [9.17, 15) is 0 Å². The minimum absolute atomic E-state index is 0.723. The van der Waals surface area contributed by atoms with E-state index in [4.69, 9.17) is 4.74 Å². The van der Waals surface area contributed by atoms with Crippen molar-refractivity contribution < 1.29 is 4.74 Å². The molecule has 0 spiro atoms. The molecule has 4 heteroatoms. The lowest BCUT2D eigenvalue weighted by Crippen LogP contribution is -2.25. The topological polar surface area (TPSA) is 30.3 Å². The number of fused-ring (bicyclic) bond motifs is 2. The number of hydrogen-bond acceptors (Lipinski definition) is 3. The van der Waals surface area contributed by atoms with Gasteiger partial charge in [-0.1, -0.05) is 36.4 Å². The summed E-state index contributed by atoms with van der Waals surface area (Å²) in [5.41, 5.74) is 7.96. The fourth-order valence-electron chi connectivity index (χ4n) is 4.06. The van der Waals surface area contributed by atoms with Gasteiger partial charge in [0.05, 0.1) is 6.20 Å². The minimum Gasteiger partial charge on any atom is -0.492 e. The van der Waals surface area contributed by atoms with Gasteiger partial charge in [0.25, 0.3) is 0 Å². The fraction of sp³-hybridized carbons (Fsp3) is 0.261. The lowest BCUT2D eigenvalue weighted by molar-refractivity contribution is 0.219. The summed E-state index contributed by atoms with van der Waals surface area (Å²) in [5, 5.41) is 4.29. The van der Waals surface area contributed by atoms with E-state index in [2.05, 4.69) is 64.7 Å². The Morgan fingerprint density at radius 1 is 1.11 bits per heavy atom. The lowest BCUT2D eigenvalue weighted by Gasteiger charge is -2.18. The van der Waals surface area contributed by atoms with Crippen LogP contribution in [0.2, 0.25) is 0 Å². The second-order valence-corrected chi connectivity index (χ2v) is 7.45. The van der Waals surface area contributed by atoms with Crippen LogP contribution in [0.25, 0.3) is 11.6 Å². The number of nitrogens with zero attached hydrogens (tertiary/aromatic N) is 3. The number of aryl methyl sites for hydroxylation is 1. The van der Waals surface area contributed by atoms with Gasteiger partial charge in [-0.2, -0.15) is 5.10 Å². The third-order valence-corrected chi connectivity index (χ3v) is 5.42. The predicted molar refractivity (Wildman–Crippen MR) is 107 cm³/mol. The second kappa shape index (κ2) is 6.71. The molecule has 0 saturated carbocycles. The van der Waals surface area contributed by atoms with Crippen molar-refractivity contribution in [1.29, 1.82) is 0 Å². The number of hydrogen-bond donors (Lipinski definition) is 0. The van der Waals surface area contributed by atoms with Crippen molar-refractivity contribution in [3.05, 3.63) is 82.7 Å². The molecule has 1 aromatic heterocycles. The van der Waals surface area contributed by atoms with Gasteiger partial charge in [-0.05, 0) is 40.8 Å². The van der Waals surface area contributed by atoms with Gasteiger partial charge in [0, 0.05) is 44.0 Å². The number of aromatic nitrogens is 2. The number of allylic oxidation sites excluding steroid dienone is 1. The molecule has 4 nitrogen and oxygen atoms in total. The van der Waals surface area contributed by atoms with Crippen molar-refractivity contribution in [3.63, 3.8) is 0 Å². The molecule has 0 saturated heterocycles. The third kappa shape index (κ3) is 3.28. The van der Waals surface area contributed by atoms with Gasteiger partial charge >= 0.3 is 0 Å². The molecule has 1 aliphatic carbocycles. The van der Waals surface area contributed by atoms with Crippen LogP contribution in [-0.4, -0.2) is 27.8 Å². The summed E-state index contributed by atoms with van der Waals surface area (Å²) in [6.07, 6.45) is 7.37. The molecule has 2 aromatic carbocycles. The molecule has 0 atom stereocenters. The van der Waals surface area contributed by atoms with E-state index >= 15 is 0 Å². The first-order valence-corrected chi connectivity index (χ1v) is 9.49. The Kier molecular flexibility index (Phi) is 4.06. The van der Waals surface area contributed by atoms with Crippen molar-refractivity contribution in [3.8, 4) is 5.75 Å². The standard InChI is InChI=1S/C23H23N3O/c1-25-14-17(13-24-25)15-26-8-9-27-23-7-6-20(12-22(23)16-26)21-10-18-4-2-3-5-19(18)11-21/h2-7,10,12-14H,8-9,11,15-16H2,1H3. The number of rotatable bonds is 3. The maximum Gasteiger partial charge on any atom is 0.123 e. The summed E-state index contributed by atoms with van der Waals surface area (Å²) in [6.45, 7) is 3.45. The zero-order valence-electron chi connectivity index (χ0n) is 15.6. The molecule has 0 N–H and O–H groups in total. The van der Waals surface area contributed by atoms with E-state index in [0.29, 0.717) is 0 Å². The first-order valence-electron chi connectivity index (χ1n) is 9.49. The molecule has 0 bridgehead atoms. The summed E-state index contributed by atoms with van der Waals surface area (Å²) in [4.78, 5) is 2.43. The Morgan fingerprint density at radius 2 is 2.04 bits per heavy atom. The molecule has 3 aromatic rings. The zero-order valence-corrected chi connectivity index (χ0v) is 15.6. The van der Waals surface area contributed by atoms with E-state index in [1.54, 1.807) is 0 Å². The Hall–Kier alpha value is -2.85. The molecular weight excluding hydrogens is 334 g/mol. The summed E-state index contributed by atoms with van der Waals surface area (Å²) < 4.78 is 7.88. The van der Waals surface area contributed by atoms with Crippen LogP contribution in [0.4, 0.5) is 0 Å². The molecule has 136 valence electrons. The normalized spacial score (nSPS) is 16.3. The van der Waals surface area contributed by atoms with Gasteiger partial charge < -0.3 is 4.74 Å². The highest BCUT2D eigenvalue weighted by Crippen LogP contribution is 2.34. The molecule has 1 aliphatic heterocycles. The third-order valence-electron chi connectivity index (χ3n) is 5.42. The van der Waals surface area contributed by atoms with Crippen LogP contribution in [0.15, 0.2) is 54.9 Å². The summed E-state index contributed by atoms with van der Waals surface area (Å²) in [6, 6.07) is 15.3. The second-order valence-electron chi connectivity index (χ2n) is 7.45. The number of ether oxygens (including phenoxy) is 1. The summed E-state index contributed by atoms with van der Waals surface area (Å²) in [7, 11) is 1.96. The Labute approximate surface area is 159 Å². The Morgan fingerprint density at radius 3 is 2.89 bits per heavy atom. The molecule has 5 rings (SSSR count). The molecule has 0 fully saturated rings. The van der Waals surface area contributed by atoms with Crippen molar-refractivity contribution in [2.45, 2.75) is 19.5 Å². The van der Waals surface area contributed by atoms with Crippen LogP contribution in [0.1, 0.15) is 27.8 Å². The van der Waals surface area contributed by atoms with Crippen LogP contribution in [0.3, 0.4) is 0 Å². The van der Waals surface area contributed by atoms with E-state index in [1.807, 2.05) is 17.9 Å². The van der Waals surface area contributed by atoms with Gasteiger partial charge in [0.2, 0.25) is 0 Å². The van der Waals surface area contributed by atoms with Crippen LogP contribution >= 0.6 is 0 Å². The highest BCUT2D eigenvalue weighted by molar-refractivity contribution is 5.88. The highest BCUT2D eigenvalue weighted by Gasteiger charge is 2.19. The van der Waals surface area contributed by atoms with Crippen molar-refractivity contribution in [1.82, 2.24) is 14.7 Å². The van der Waals surface area contributed by atoms with Gasteiger partial charge in [0.1, 0.15) is 12.4 Å². The quantitative estimate of drug-likeness (QED) is 0.712.